The molecule has 1 aliphatic carbocycles. The van der Waals surface area contributed by atoms with Gasteiger partial charge in [-0.2, -0.15) is 5.26 Å². The maximum atomic E-state index is 12.8. The zero-order valence-corrected chi connectivity index (χ0v) is 15.3. The van der Waals surface area contributed by atoms with E-state index < -0.39 is 0 Å². The van der Waals surface area contributed by atoms with E-state index in [2.05, 4.69) is 16.4 Å². The third-order valence-corrected chi connectivity index (χ3v) is 6.28. The normalized spacial score (nSPS) is 13.4. The van der Waals surface area contributed by atoms with Crippen molar-refractivity contribution >= 4 is 39.5 Å². The summed E-state index contributed by atoms with van der Waals surface area (Å²) < 4.78 is 1.91. The molecule has 3 aromatic rings. The Morgan fingerprint density at radius 3 is 3.04 bits per heavy atom. The maximum Gasteiger partial charge on any atom is 0.277 e. The number of carbonyl (C=O) groups excluding carboxylic acids is 1. The number of amides is 1. The lowest BCUT2D eigenvalue weighted by atomic mass is 9.96. The predicted octanol–water partition coefficient (Wildman–Crippen LogP) is 4.12. The van der Waals surface area contributed by atoms with Crippen LogP contribution in [0, 0.1) is 11.3 Å². The number of nitrogens with one attached hydrogen (secondary N) is 1. The molecule has 1 amide bonds. The molecule has 0 fully saturated rings. The van der Waals surface area contributed by atoms with Gasteiger partial charge in [0.2, 0.25) is 0 Å². The van der Waals surface area contributed by atoms with Crippen LogP contribution in [0.25, 0.3) is 5.52 Å². The largest absolute Gasteiger partial charge is 0.311 e. The Bertz CT molecular complexity index is 1010. The van der Waals surface area contributed by atoms with Crippen molar-refractivity contribution in [3.63, 3.8) is 0 Å². The molecule has 126 valence electrons. The van der Waals surface area contributed by atoms with Gasteiger partial charge in [0.25, 0.3) is 5.91 Å². The number of thioether (sulfide) groups is 1. The highest BCUT2D eigenvalue weighted by atomic mass is 32.2. The fourth-order valence-corrected chi connectivity index (χ4v) is 5.03. The number of rotatable bonds is 3. The van der Waals surface area contributed by atoms with E-state index in [4.69, 9.17) is 0 Å². The second-order valence-electron chi connectivity index (χ2n) is 5.88. The Kier molecular flexibility index (Phi) is 4.24. The molecular weight excluding hydrogens is 352 g/mol. The molecule has 0 aliphatic heterocycles. The zero-order valence-electron chi connectivity index (χ0n) is 13.7. The van der Waals surface area contributed by atoms with Crippen molar-refractivity contribution in [1.29, 1.82) is 5.26 Å². The van der Waals surface area contributed by atoms with Gasteiger partial charge in [-0.3, -0.25) is 9.20 Å². The highest BCUT2D eigenvalue weighted by Gasteiger charge is 2.24. The van der Waals surface area contributed by atoms with Crippen LogP contribution in [0.3, 0.4) is 0 Å². The molecule has 1 aliphatic rings. The summed E-state index contributed by atoms with van der Waals surface area (Å²) in [5.41, 5.74) is 2.90. The van der Waals surface area contributed by atoms with Crippen LogP contribution in [0.1, 0.15) is 39.3 Å². The van der Waals surface area contributed by atoms with Gasteiger partial charge in [0.05, 0.1) is 11.1 Å². The van der Waals surface area contributed by atoms with Crippen LogP contribution in [-0.4, -0.2) is 21.5 Å². The van der Waals surface area contributed by atoms with Crippen LogP contribution in [0.5, 0.6) is 0 Å². The van der Waals surface area contributed by atoms with Gasteiger partial charge >= 0.3 is 0 Å². The third kappa shape index (κ3) is 2.71. The van der Waals surface area contributed by atoms with E-state index >= 15 is 0 Å². The topological polar surface area (TPSA) is 70.2 Å². The molecule has 0 saturated carbocycles. The van der Waals surface area contributed by atoms with Crippen molar-refractivity contribution in [3.8, 4) is 6.07 Å². The number of hydrogen-bond acceptors (Lipinski definition) is 5. The predicted molar refractivity (Wildman–Crippen MR) is 101 cm³/mol. The third-order valence-electron chi connectivity index (χ3n) is 4.42. The van der Waals surface area contributed by atoms with Gasteiger partial charge in [0.1, 0.15) is 11.1 Å². The number of nitriles is 1. The van der Waals surface area contributed by atoms with Gasteiger partial charge in [0.15, 0.2) is 10.9 Å². The van der Waals surface area contributed by atoms with E-state index in [1.807, 2.05) is 35.1 Å². The minimum absolute atomic E-state index is 0.265. The van der Waals surface area contributed by atoms with Crippen LogP contribution in [-0.2, 0) is 12.8 Å². The highest BCUT2D eigenvalue weighted by molar-refractivity contribution is 7.98. The summed E-state index contributed by atoms with van der Waals surface area (Å²) in [7, 11) is 0. The quantitative estimate of drug-likeness (QED) is 0.706. The Morgan fingerprint density at radius 2 is 2.24 bits per heavy atom. The minimum atomic E-state index is -0.265. The molecule has 1 N–H and O–H groups in total. The molecular formula is C18H16N4OS2. The lowest BCUT2D eigenvalue weighted by Gasteiger charge is -2.09. The second-order valence-corrected chi connectivity index (χ2v) is 7.76. The van der Waals surface area contributed by atoms with E-state index in [0.29, 0.717) is 16.3 Å². The molecule has 0 saturated heterocycles. The highest BCUT2D eigenvalue weighted by Crippen LogP contribution is 2.38. The van der Waals surface area contributed by atoms with E-state index in [9.17, 15) is 10.1 Å². The lowest BCUT2D eigenvalue weighted by Crippen LogP contribution is -2.13. The Labute approximate surface area is 153 Å². The average molecular weight is 368 g/mol. The molecule has 0 atom stereocenters. The number of thiophene rings is 1. The zero-order chi connectivity index (χ0) is 17.4. The van der Waals surface area contributed by atoms with Crippen molar-refractivity contribution < 1.29 is 4.79 Å². The molecule has 5 nitrogen and oxygen atoms in total. The van der Waals surface area contributed by atoms with Crippen LogP contribution < -0.4 is 5.32 Å². The first kappa shape index (κ1) is 16.2. The van der Waals surface area contributed by atoms with Crippen molar-refractivity contribution in [1.82, 2.24) is 9.38 Å². The molecule has 3 heterocycles. The Balaban J connectivity index is 1.72. The Morgan fingerprint density at radius 1 is 1.40 bits per heavy atom. The lowest BCUT2D eigenvalue weighted by molar-refractivity contribution is 0.102. The first-order valence-electron chi connectivity index (χ1n) is 8.10. The van der Waals surface area contributed by atoms with Gasteiger partial charge in [-0.25, -0.2) is 4.98 Å². The molecule has 0 aromatic carbocycles. The summed E-state index contributed by atoms with van der Waals surface area (Å²) >= 11 is 3.03. The van der Waals surface area contributed by atoms with Crippen molar-refractivity contribution in [2.45, 2.75) is 30.8 Å². The average Bonchev–Trinajstić information content (AvgIpc) is 3.19. The van der Waals surface area contributed by atoms with Crippen molar-refractivity contribution in [2.24, 2.45) is 0 Å². The summed E-state index contributed by atoms with van der Waals surface area (Å²) in [6.07, 6.45) is 8.01. The molecule has 0 unspecified atom stereocenters. The van der Waals surface area contributed by atoms with Gasteiger partial charge in [-0.05, 0) is 49.6 Å². The number of aryl methyl sites for hydroxylation is 1. The molecule has 7 heteroatoms. The fraction of sp³-hybridized carbons (Fsp3) is 0.278. The molecule has 25 heavy (non-hydrogen) atoms. The minimum Gasteiger partial charge on any atom is -0.311 e. The van der Waals surface area contributed by atoms with Crippen LogP contribution in [0.15, 0.2) is 29.6 Å². The molecule has 3 aromatic heterocycles. The summed E-state index contributed by atoms with van der Waals surface area (Å²) in [6.45, 7) is 0. The first-order chi connectivity index (χ1) is 12.2. The number of fused-ring (bicyclic) bond motifs is 2. The molecule has 4 rings (SSSR count). The molecule has 0 spiro atoms. The van der Waals surface area contributed by atoms with E-state index in [1.54, 1.807) is 0 Å². The first-order valence-corrected chi connectivity index (χ1v) is 10.1. The summed E-state index contributed by atoms with van der Waals surface area (Å²) in [5.74, 6) is -0.265. The SMILES string of the molecule is CSc1nc(C(=O)Nc2sc3c(c2C#N)CCCC3)c2ccccn12. The van der Waals surface area contributed by atoms with Crippen molar-refractivity contribution in [3.05, 3.63) is 46.1 Å². The summed E-state index contributed by atoms with van der Waals surface area (Å²) in [5, 5.41) is 13.9. The second kappa shape index (κ2) is 6.54. The van der Waals surface area contributed by atoms with E-state index in [-0.39, 0.29) is 5.91 Å². The Hall–Kier alpha value is -2.30. The number of pyridine rings is 1. The number of carbonyl (C=O) groups is 1. The van der Waals surface area contributed by atoms with Gasteiger partial charge in [-0.1, -0.05) is 17.8 Å². The van der Waals surface area contributed by atoms with E-state index in [1.165, 1.54) is 28.0 Å². The number of imidazole rings is 1. The van der Waals surface area contributed by atoms with Crippen LogP contribution in [0.4, 0.5) is 5.00 Å². The standard InChI is InChI=1S/C18H16N4OS2/c1-24-18-20-15(13-7-4-5-9-22(13)18)16(23)21-17-12(10-19)11-6-2-3-8-14(11)25-17/h4-5,7,9H,2-3,6,8H2,1H3,(H,21,23). The van der Waals surface area contributed by atoms with Crippen LogP contribution in [0.2, 0.25) is 0 Å². The summed E-state index contributed by atoms with van der Waals surface area (Å²) in [4.78, 5) is 18.6. The van der Waals surface area contributed by atoms with Gasteiger partial charge in [-0.15, -0.1) is 11.3 Å². The van der Waals surface area contributed by atoms with Gasteiger partial charge < -0.3 is 5.32 Å². The molecule has 0 radical (unpaired) electrons. The smallest absolute Gasteiger partial charge is 0.277 e. The number of anilines is 1. The fourth-order valence-electron chi connectivity index (χ4n) is 3.26. The summed E-state index contributed by atoms with van der Waals surface area (Å²) in [6, 6.07) is 7.97. The molecule has 0 bridgehead atoms. The number of aromatic nitrogens is 2. The van der Waals surface area contributed by atoms with Gasteiger partial charge in [0, 0.05) is 11.1 Å². The monoisotopic (exact) mass is 368 g/mol. The van der Waals surface area contributed by atoms with E-state index in [0.717, 1.165) is 41.9 Å². The van der Waals surface area contributed by atoms with Crippen LogP contribution >= 0.6 is 23.1 Å². The number of hydrogen-bond donors (Lipinski definition) is 1. The number of nitrogens with zero attached hydrogens (tertiary/aromatic N) is 3. The van der Waals surface area contributed by atoms with Crippen molar-refractivity contribution in [2.75, 3.05) is 11.6 Å². The maximum absolute atomic E-state index is 12.8.